The van der Waals surface area contributed by atoms with Crippen molar-refractivity contribution in [2.24, 2.45) is 0 Å². The fourth-order valence-corrected chi connectivity index (χ4v) is 3.17. The number of fused-ring (bicyclic) bond motifs is 1. The number of nitrogens with one attached hydrogen (secondary N) is 1. The SMILES string of the molecule is COc1ccc(CN(C)/C=C(/C)c2c(C=O)[nH]c3ncc(C)cc23)cc1. The molecule has 0 fully saturated rings. The van der Waals surface area contributed by atoms with Crippen molar-refractivity contribution in [2.75, 3.05) is 14.2 Å². The topological polar surface area (TPSA) is 58.2 Å². The molecule has 5 nitrogen and oxygen atoms in total. The highest BCUT2D eigenvalue weighted by Gasteiger charge is 2.14. The van der Waals surface area contributed by atoms with Crippen LogP contribution in [-0.2, 0) is 6.54 Å². The number of carbonyl (C=O) groups is 1. The molecule has 3 aromatic rings. The molecule has 0 aliphatic rings. The van der Waals surface area contributed by atoms with E-state index in [2.05, 4.69) is 27.1 Å². The normalized spacial score (nSPS) is 11.6. The number of carbonyl (C=O) groups excluding carboxylic acids is 1. The van der Waals surface area contributed by atoms with Gasteiger partial charge in [-0.1, -0.05) is 12.1 Å². The van der Waals surface area contributed by atoms with E-state index in [0.29, 0.717) is 5.69 Å². The second-order valence-corrected chi connectivity index (χ2v) is 6.52. The number of allylic oxidation sites excluding steroid dienone is 1. The van der Waals surface area contributed by atoms with Gasteiger partial charge in [-0.05, 0) is 48.7 Å². The van der Waals surface area contributed by atoms with Gasteiger partial charge in [0.25, 0.3) is 0 Å². The van der Waals surface area contributed by atoms with E-state index in [0.717, 1.165) is 46.3 Å². The highest BCUT2D eigenvalue weighted by molar-refractivity contribution is 5.99. The zero-order valence-electron chi connectivity index (χ0n) is 15.5. The molecule has 134 valence electrons. The van der Waals surface area contributed by atoms with Gasteiger partial charge in [0, 0.05) is 36.9 Å². The van der Waals surface area contributed by atoms with Crippen molar-refractivity contribution in [3.05, 3.63) is 65.1 Å². The Hall–Kier alpha value is -3.08. The van der Waals surface area contributed by atoms with Crippen LogP contribution in [0.2, 0.25) is 0 Å². The fraction of sp³-hybridized carbons (Fsp3) is 0.238. The van der Waals surface area contributed by atoms with Crippen molar-refractivity contribution in [3.63, 3.8) is 0 Å². The lowest BCUT2D eigenvalue weighted by Crippen LogP contribution is -2.10. The maximum absolute atomic E-state index is 11.5. The van der Waals surface area contributed by atoms with Crippen LogP contribution in [0.25, 0.3) is 16.6 Å². The minimum Gasteiger partial charge on any atom is -0.497 e. The molecule has 0 bridgehead atoms. The zero-order valence-corrected chi connectivity index (χ0v) is 15.5. The van der Waals surface area contributed by atoms with Crippen LogP contribution >= 0.6 is 0 Å². The Labute approximate surface area is 153 Å². The summed E-state index contributed by atoms with van der Waals surface area (Å²) in [6.07, 6.45) is 4.71. The third kappa shape index (κ3) is 3.61. The van der Waals surface area contributed by atoms with E-state index < -0.39 is 0 Å². The minimum atomic E-state index is 0.560. The number of ether oxygens (including phenoxy) is 1. The van der Waals surface area contributed by atoms with E-state index >= 15 is 0 Å². The summed E-state index contributed by atoms with van der Waals surface area (Å²) in [6, 6.07) is 10.1. The molecule has 2 aromatic heterocycles. The molecule has 0 saturated carbocycles. The van der Waals surface area contributed by atoms with Gasteiger partial charge in [-0.2, -0.15) is 0 Å². The van der Waals surface area contributed by atoms with Crippen LogP contribution in [0.3, 0.4) is 0 Å². The summed E-state index contributed by atoms with van der Waals surface area (Å²) in [5.74, 6) is 0.848. The molecule has 0 radical (unpaired) electrons. The van der Waals surface area contributed by atoms with Crippen LogP contribution in [0.1, 0.15) is 34.1 Å². The molecule has 0 aliphatic carbocycles. The molecule has 0 amide bonds. The van der Waals surface area contributed by atoms with E-state index in [4.69, 9.17) is 4.74 Å². The number of aldehydes is 1. The summed E-state index contributed by atoms with van der Waals surface area (Å²) in [5, 5.41) is 0.971. The number of aromatic amines is 1. The van der Waals surface area contributed by atoms with Crippen molar-refractivity contribution in [1.29, 1.82) is 0 Å². The number of methoxy groups -OCH3 is 1. The molecule has 2 heterocycles. The van der Waals surface area contributed by atoms with Crippen LogP contribution in [0, 0.1) is 6.92 Å². The van der Waals surface area contributed by atoms with Crippen molar-refractivity contribution < 1.29 is 9.53 Å². The van der Waals surface area contributed by atoms with Gasteiger partial charge in [-0.3, -0.25) is 4.79 Å². The fourth-order valence-electron chi connectivity index (χ4n) is 3.17. The second-order valence-electron chi connectivity index (χ2n) is 6.52. The first kappa shape index (κ1) is 17.7. The lowest BCUT2D eigenvalue weighted by atomic mass is 10.0. The van der Waals surface area contributed by atoms with E-state index in [9.17, 15) is 4.79 Å². The average Bonchev–Trinajstić information content (AvgIpc) is 3.00. The van der Waals surface area contributed by atoms with Gasteiger partial charge in [0.05, 0.1) is 12.8 Å². The Morgan fingerprint density at radius 2 is 2.04 bits per heavy atom. The van der Waals surface area contributed by atoms with E-state index in [-0.39, 0.29) is 0 Å². The number of benzene rings is 1. The summed E-state index contributed by atoms with van der Waals surface area (Å²) < 4.78 is 5.20. The first-order valence-electron chi connectivity index (χ1n) is 8.47. The molecule has 5 heteroatoms. The largest absolute Gasteiger partial charge is 0.497 e. The number of aromatic nitrogens is 2. The Bertz CT molecular complexity index is 955. The predicted molar refractivity (Wildman–Crippen MR) is 104 cm³/mol. The van der Waals surface area contributed by atoms with Gasteiger partial charge in [-0.15, -0.1) is 0 Å². The number of nitrogens with zero attached hydrogens (tertiary/aromatic N) is 2. The molecule has 1 N–H and O–H groups in total. The zero-order chi connectivity index (χ0) is 18.7. The number of rotatable bonds is 6. The standard InChI is InChI=1S/C21H23N3O2/c1-14-9-18-20(19(13-25)23-21(18)22-10-14)15(2)11-24(3)12-16-5-7-17(26-4)8-6-16/h5-11,13H,12H2,1-4H3,(H,22,23)/b15-11-. The molecule has 3 rings (SSSR count). The lowest BCUT2D eigenvalue weighted by Gasteiger charge is -2.16. The molecule has 1 aromatic carbocycles. The quantitative estimate of drug-likeness (QED) is 0.678. The summed E-state index contributed by atoms with van der Waals surface area (Å²) in [4.78, 5) is 21.1. The highest BCUT2D eigenvalue weighted by Crippen LogP contribution is 2.28. The van der Waals surface area contributed by atoms with Gasteiger partial charge in [0.15, 0.2) is 6.29 Å². The highest BCUT2D eigenvalue weighted by atomic mass is 16.5. The van der Waals surface area contributed by atoms with Gasteiger partial charge in [-0.25, -0.2) is 4.98 Å². The maximum atomic E-state index is 11.5. The Morgan fingerprint density at radius 1 is 1.31 bits per heavy atom. The Balaban J connectivity index is 1.89. The van der Waals surface area contributed by atoms with Gasteiger partial charge < -0.3 is 14.6 Å². The van der Waals surface area contributed by atoms with Crippen molar-refractivity contribution in [2.45, 2.75) is 20.4 Å². The number of hydrogen-bond acceptors (Lipinski definition) is 4. The first-order valence-corrected chi connectivity index (χ1v) is 8.47. The summed E-state index contributed by atoms with van der Waals surface area (Å²) in [5.41, 5.74) is 5.47. The number of H-pyrrole nitrogens is 1. The van der Waals surface area contributed by atoms with E-state index in [1.54, 1.807) is 13.3 Å². The molecular formula is C21H23N3O2. The lowest BCUT2D eigenvalue weighted by molar-refractivity contribution is 0.111. The third-order valence-corrected chi connectivity index (χ3v) is 4.33. The number of hydrogen-bond donors (Lipinski definition) is 1. The molecular weight excluding hydrogens is 326 g/mol. The Kier molecular flexibility index (Phi) is 5.07. The Morgan fingerprint density at radius 3 is 2.69 bits per heavy atom. The monoisotopic (exact) mass is 349 g/mol. The molecule has 0 atom stereocenters. The van der Waals surface area contributed by atoms with E-state index in [1.165, 1.54) is 5.56 Å². The molecule has 0 spiro atoms. The van der Waals surface area contributed by atoms with Crippen molar-refractivity contribution in [1.82, 2.24) is 14.9 Å². The summed E-state index contributed by atoms with van der Waals surface area (Å²) in [7, 11) is 3.68. The third-order valence-electron chi connectivity index (χ3n) is 4.33. The van der Waals surface area contributed by atoms with Gasteiger partial charge in [0.1, 0.15) is 11.4 Å². The van der Waals surface area contributed by atoms with Crippen LogP contribution in [-0.4, -0.2) is 35.3 Å². The van der Waals surface area contributed by atoms with Crippen molar-refractivity contribution >= 4 is 22.9 Å². The molecule has 26 heavy (non-hydrogen) atoms. The minimum absolute atomic E-state index is 0.560. The van der Waals surface area contributed by atoms with Gasteiger partial charge >= 0.3 is 0 Å². The molecule has 0 aliphatic heterocycles. The van der Waals surface area contributed by atoms with E-state index in [1.807, 2.05) is 45.2 Å². The first-order chi connectivity index (χ1) is 12.5. The van der Waals surface area contributed by atoms with Gasteiger partial charge in [0.2, 0.25) is 0 Å². The molecule has 0 unspecified atom stereocenters. The number of aryl methyl sites for hydroxylation is 1. The molecule has 0 saturated heterocycles. The number of pyridine rings is 1. The van der Waals surface area contributed by atoms with Crippen LogP contribution in [0.5, 0.6) is 5.75 Å². The van der Waals surface area contributed by atoms with Crippen molar-refractivity contribution in [3.8, 4) is 5.75 Å². The van der Waals surface area contributed by atoms with Crippen LogP contribution < -0.4 is 4.74 Å². The second kappa shape index (κ2) is 7.44. The average molecular weight is 349 g/mol. The predicted octanol–water partition coefficient (Wildman–Crippen LogP) is 4.19. The summed E-state index contributed by atoms with van der Waals surface area (Å²) in [6.45, 7) is 4.78. The van der Waals surface area contributed by atoms with Crippen LogP contribution in [0.4, 0.5) is 0 Å². The van der Waals surface area contributed by atoms with Crippen LogP contribution in [0.15, 0.2) is 42.7 Å². The smallest absolute Gasteiger partial charge is 0.166 e. The maximum Gasteiger partial charge on any atom is 0.166 e. The summed E-state index contributed by atoms with van der Waals surface area (Å²) >= 11 is 0.